The first-order valence-corrected chi connectivity index (χ1v) is 6.55. The highest BCUT2D eigenvalue weighted by molar-refractivity contribution is 5.86. The highest BCUT2D eigenvalue weighted by Crippen LogP contribution is 2.11. The highest BCUT2D eigenvalue weighted by Gasteiger charge is 2.10. The van der Waals surface area contributed by atoms with Crippen molar-refractivity contribution in [3.63, 3.8) is 0 Å². The van der Waals surface area contributed by atoms with Crippen molar-refractivity contribution in [2.45, 2.75) is 13.2 Å². The van der Waals surface area contributed by atoms with Crippen molar-refractivity contribution in [3.8, 4) is 0 Å². The SMILES string of the molecule is O=C(O)c1cnc2ccc(COCc3ccccc3)cn12. The number of aromatic carboxylic acids is 1. The van der Waals surface area contributed by atoms with Gasteiger partial charge in [0.15, 0.2) is 5.69 Å². The van der Waals surface area contributed by atoms with E-state index in [2.05, 4.69) is 4.98 Å². The molecule has 0 saturated heterocycles. The molecule has 0 unspecified atom stereocenters. The molecule has 0 bridgehead atoms. The second-order valence-corrected chi connectivity index (χ2v) is 4.69. The van der Waals surface area contributed by atoms with Crippen molar-refractivity contribution < 1.29 is 14.6 Å². The van der Waals surface area contributed by atoms with E-state index in [4.69, 9.17) is 9.84 Å². The lowest BCUT2D eigenvalue weighted by Gasteiger charge is -2.06. The van der Waals surface area contributed by atoms with Gasteiger partial charge in [0.1, 0.15) is 5.65 Å². The molecule has 0 spiro atoms. The van der Waals surface area contributed by atoms with Crippen LogP contribution in [0.5, 0.6) is 0 Å². The van der Waals surface area contributed by atoms with Crippen LogP contribution in [0.1, 0.15) is 21.6 Å². The Morgan fingerprint density at radius 1 is 1.10 bits per heavy atom. The van der Waals surface area contributed by atoms with Gasteiger partial charge in [-0.3, -0.25) is 4.40 Å². The maximum absolute atomic E-state index is 11.1. The first kappa shape index (κ1) is 13.3. The summed E-state index contributed by atoms with van der Waals surface area (Å²) in [5.74, 6) is -0.996. The number of carboxylic acids is 1. The first-order valence-electron chi connectivity index (χ1n) is 6.55. The van der Waals surface area contributed by atoms with Crippen LogP contribution >= 0.6 is 0 Å². The fourth-order valence-corrected chi connectivity index (χ4v) is 2.13. The highest BCUT2D eigenvalue weighted by atomic mass is 16.5. The zero-order valence-corrected chi connectivity index (χ0v) is 11.3. The average molecular weight is 282 g/mol. The molecule has 0 saturated carbocycles. The van der Waals surface area contributed by atoms with Crippen molar-refractivity contribution in [1.82, 2.24) is 9.38 Å². The lowest BCUT2D eigenvalue weighted by molar-refractivity contribution is 0.0689. The maximum atomic E-state index is 11.1. The van der Waals surface area contributed by atoms with Gasteiger partial charge in [-0.15, -0.1) is 0 Å². The van der Waals surface area contributed by atoms with E-state index in [-0.39, 0.29) is 5.69 Å². The number of imidazole rings is 1. The minimum absolute atomic E-state index is 0.148. The summed E-state index contributed by atoms with van der Waals surface area (Å²) in [5, 5.41) is 9.10. The Balaban J connectivity index is 1.72. The van der Waals surface area contributed by atoms with E-state index in [9.17, 15) is 4.79 Å². The smallest absolute Gasteiger partial charge is 0.354 e. The van der Waals surface area contributed by atoms with E-state index >= 15 is 0 Å². The second kappa shape index (κ2) is 5.76. The summed E-state index contributed by atoms with van der Waals surface area (Å²) >= 11 is 0. The minimum Gasteiger partial charge on any atom is -0.477 e. The topological polar surface area (TPSA) is 63.8 Å². The van der Waals surface area contributed by atoms with E-state index in [1.165, 1.54) is 6.20 Å². The molecule has 3 rings (SSSR count). The van der Waals surface area contributed by atoms with Gasteiger partial charge in [-0.1, -0.05) is 36.4 Å². The molecule has 1 aromatic carbocycles. The molecule has 2 heterocycles. The summed E-state index contributed by atoms with van der Waals surface area (Å²) in [5.41, 5.74) is 2.76. The molecule has 0 aliphatic heterocycles. The normalized spacial score (nSPS) is 10.9. The molecule has 1 N–H and O–H groups in total. The molecule has 0 aliphatic carbocycles. The number of hydrogen-bond donors (Lipinski definition) is 1. The number of fused-ring (bicyclic) bond motifs is 1. The van der Waals surface area contributed by atoms with Gasteiger partial charge >= 0.3 is 5.97 Å². The summed E-state index contributed by atoms with van der Waals surface area (Å²) in [6, 6.07) is 13.6. The predicted octanol–water partition coefficient (Wildman–Crippen LogP) is 2.75. The van der Waals surface area contributed by atoms with Gasteiger partial charge in [-0.2, -0.15) is 0 Å². The van der Waals surface area contributed by atoms with Crippen molar-refractivity contribution in [2.75, 3.05) is 0 Å². The van der Waals surface area contributed by atoms with Gasteiger partial charge in [-0.25, -0.2) is 9.78 Å². The molecule has 0 amide bonds. The van der Waals surface area contributed by atoms with Crippen molar-refractivity contribution in [2.24, 2.45) is 0 Å². The van der Waals surface area contributed by atoms with Crippen LogP contribution in [0, 0.1) is 0 Å². The molecule has 2 aromatic heterocycles. The molecule has 21 heavy (non-hydrogen) atoms. The molecule has 3 aromatic rings. The van der Waals surface area contributed by atoms with E-state index < -0.39 is 5.97 Å². The number of pyridine rings is 1. The Hall–Kier alpha value is -2.66. The van der Waals surface area contributed by atoms with E-state index in [1.807, 2.05) is 36.4 Å². The molecule has 0 aliphatic rings. The lowest BCUT2D eigenvalue weighted by Crippen LogP contribution is -2.03. The number of carboxylic acid groups (broad SMARTS) is 1. The number of benzene rings is 1. The van der Waals surface area contributed by atoms with E-state index in [0.29, 0.717) is 18.9 Å². The Kier molecular flexibility index (Phi) is 3.66. The zero-order chi connectivity index (χ0) is 14.7. The molecular weight excluding hydrogens is 268 g/mol. The minimum atomic E-state index is -0.996. The zero-order valence-electron chi connectivity index (χ0n) is 11.3. The number of carbonyl (C=O) groups is 1. The molecule has 0 fully saturated rings. The third-order valence-corrected chi connectivity index (χ3v) is 3.17. The van der Waals surface area contributed by atoms with Gasteiger partial charge in [-0.05, 0) is 17.2 Å². The average Bonchev–Trinajstić information content (AvgIpc) is 2.92. The van der Waals surface area contributed by atoms with Crippen LogP contribution in [0.15, 0.2) is 54.9 Å². The molecule has 0 atom stereocenters. The van der Waals surface area contributed by atoms with Crippen LogP contribution in [0.4, 0.5) is 0 Å². The van der Waals surface area contributed by atoms with Crippen molar-refractivity contribution in [1.29, 1.82) is 0 Å². The molecule has 0 radical (unpaired) electrons. The van der Waals surface area contributed by atoms with E-state index in [1.54, 1.807) is 16.7 Å². The molecule has 5 nitrogen and oxygen atoms in total. The molecule has 5 heteroatoms. The fraction of sp³-hybridized carbons (Fsp3) is 0.125. The fourth-order valence-electron chi connectivity index (χ4n) is 2.13. The number of aromatic nitrogens is 2. The number of rotatable bonds is 5. The Bertz CT molecular complexity index is 766. The van der Waals surface area contributed by atoms with E-state index in [0.717, 1.165) is 11.1 Å². The summed E-state index contributed by atoms with van der Waals surface area (Å²) in [6.07, 6.45) is 3.10. The largest absolute Gasteiger partial charge is 0.477 e. The predicted molar refractivity (Wildman–Crippen MR) is 77.1 cm³/mol. The van der Waals surface area contributed by atoms with Gasteiger partial charge in [0.05, 0.1) is 19.4 Å². The van der Waals surface area contributed by atoms with Crippen LogP contribution < -0.4 is 0 Å². The Morgan fingerprint density at radius 2 is 1.86 bits per heavy atom. The molecular formula is C16H14N2O3. The molecule has 106 valence electrons. The van der Waals surface area contributed by atoms with Crippen molar-refractivity contribution in [3.05, 3.63) is 71.7 Å². The van der Waals surface area contributed by atoms with Crippen LogP contribution in [0.3, 0.4) is 0 Å². The third-order valence-electron chi connectivity index (χ3n) is 3.17. The number of ether oxygens (including phenoxy) is 1. The van der Waals surface area contributed by atoms with Gasteiger partial charge in [0.2, 0.25) is 0 Å². The quantitative estimate of drug-likeness (QED) is 0.781. The Labute approximate surface area is 121 Å². The summed E-state index contributed by atoms with van der Waals surface area (Å²) in [4.78, 5) is 15.1. The third kappa shape index (κ3) is 2.93. The van der Waals surface area contributed by atoms with Crippen molar-refractivity contribution >= 4 is 11.6 Å². The van der Waals surface area contributed by atoms with Crippen LogP contribution in [-0.4, -0.2) is 20.5 Å². The van der Waals surface area contributed by atoms with Gasteiger partial charge in [0.25, 0.3) is 0 Å². The summed E-state index contributed by atoms with van der Waals surface area (Å²) in [6.45, 7) is 0.941. The van der Waals surface area contributed by atoms with Gasteiger partial charge < -0.3 is 9.84 Å². The summed E-state index contributed by atoms with van der Waals surface area (Å²) in [7, 11) is 0. The first-order chi connectivity index (χ1) is 10.2. The second-order valence-electron chi connectivity index (χ2n) is 4.69. The van der Waals surface area contributed by atoms with Gasteiger partial charge in [0, 0.05) is 6.20 Å². The van der Waals surface area contributed by atoms with Crippen LogP contribution in [-0.2, 0) is 18.0 Å². The Morgan fingerprint density at radius 3 is 2.62 bits per heavy atom. The standard InChI is InChI=1S/C16H14N2O3/c19-16(20)14-8-17-15-7-6-13(9-18(14)15)11-21-10-12-4-2-1-3-5-12/h1-9H,10-11H2,(H,19,20). The monoisotopic (exact) mass is 282 g/mol. The maximum Gasteiger partial charge on any atom is 0.354 e. The number of nitrogens with zero attached hydrogens (tertiary/aromatic N) is 2. The summed E-state index contributed by atoms with van der Waals surface area (Å²) < 4.78 is 7.21. The number of hydrogen-bond acceptors (Lipinski definition) is 3. The van der Waals surface area contributed by atoms with Crippen LogP contribution in [0.25, 0.3) is 5.65 Å². The lowest BCUT2D eigenvalue weighted by atomic mass is 10.2. The van der Waals surface area contributed by atoms with Crippen LogP contribution in [0.2, 0.25) is 0 Å².